The van der Waals surface area contributed by atoms with Gasteiger partial charge in [-0.3, -0.25) is 4.79 Å². The van der Waals surface area contributed by atoms with E-state index in [9.17, 15) is 9.59 Å². The van der Waals surface area contributed by atoms with Crippen molar-refractivity contribution in [3.05, 3.63) is 0 Å². The summed E-state index contributed by atoms with van der Waals surface area (Å²) in [5.41, 5.74) is 0. The first-order chi connectivity index (χ1) is 8.45. The second-order valence-electron chi connectivity index (χ2n) is 5.51. The molecule has 0 aromatic carbocycles. The molecule has 1 saturated heterocycles. The predicted octanol–water partition coefficient (Wildman–Crippen LogP) is 0.942. The summed E-state index contributed by atoms with van der Waals surface area (Å²) in [6, 6.07) is -0.393. The highest BCUT2D eigenvalue weighted by atomic mass is 16.4. The highest BCUT2D eigenvalue weighted by Crippen LogP contribution is 2.25. The van der Waals surface area contributed by atoms with Gasteiger partial charge in [-0.2, -0.15) is 0 Å². The van der Waals surface area contributed by atoms with Crippen molar-refractivity contribution >= 4 is 12.4 Å². The van der Waals surface area contributed by atoms with E-state index < -0.39 is 12.0 Å². The minimum absolute atomic E-state index is 0.368. The Kier molecular flexibility index (Phi) is 5.59. The first kappa shape index (κ1) is 15.0. The summed E-state index contributed by atoms with van der Waals surface area (Å²) in [6.45, 7) is 8.81. The molecule has 0 bridgehead atoms. The van der Waals surface area contributed by atoms with E-state index in [1.807, 2.05) is 0 Å². The maximum absolute atomic E-state index is 10.9. The summed E-state index contributed by atoms with van der Waals surface area (Å²) in [5, 5.41) is 11.3. The highest BCUT2D eigenvalue weighted by molar-refractivity contribution is 5.76. The Hall–Kier alpha value is -1.10. The molecule has 5 nitrogen and oxygen atoms in total. The van der Waals surface area contributed by atoms with Crippen LogP contribution in [0.5, 0.6) is 0 Å². The van der Waals surface area contributed by atoms with E-state index in [0.29, 0.717) is 30.7 Å². The van der Waals surface area contributed by atoms with Crippen LogP contribution in [0.2, 0.25) is 0 Å². The quantitative estimate of drug-likeness (QED) is 0.665. The molecule has 2 N–H and O–H groups in total. The molecular formula is C13H24N2O3. The Morgan fingerprint density at radius 1 is 1.39 bits per heavy atom. The van der Waals surface area contributed by atoms with E-state index in [-0.39, 0.29) is 0 Å². The van der Waals surface area contributed by atoms with Gasteiger partial charge in [-0.15, -0.1) is 0 Å². The van der Waals surface area contributed by atoms with Crippen molar-refractivity contribution in [1.29, 1.82) is 0 Å². The Morgan fingerprint density at radius 2 is 1.94 bits per heavy atom. The number of carbonyl (C=O) groups is 2. The van der Waals surface area contributed by atoms with Crippen LogP contribution < -0.4 is 5.32 Å². The molecule has 1 aliphatic heterocycles. The van der Waals surface area contributed by atoms with Gasteiger partial charge in [0.1, 0.15) is 6.04 Å². The number of carbonyl (C=O) groups excluding carboxylic acids is 1. The van der Waals surface area contributed by atoms with Crippen LogP contribution in [0, 0.1) is 11.8 Å². The lowest BCUT2D eigenvalue weighted by Gasteiger charge is -2.25. The largest absolute Gasteiger partial charge is 0.480 e. The van der Waals surface area contributed by atoms with Crippen molar-refractivity contribution in [2.75, 3.05) is 13.1 Å². The molecule has 0 radical (unpaired) electrons. The minimum Gasteiger partial charge on any atom is -0.480 e. The Bertz CT molecular complexity index is 286. The van der Waals surface area contributed by atoms with Crippen LogP contribution >= 0.6 is 0 Å². The second kappa shape index (κ2) is 6.73. The minimum atomic E-state index is -0.961. The van der Waals surface area contributed by atoms with E-state index in [0.717, 1.165) is 19.5 Å². The van der Waals surface area contributed by atoms with Gasteiger partial charge in [0.15, 0.2) is 0 Å². The Morgan fingerprint density at radius 3 is 2.39 bits per heavy atom. The normalized spacial score (nSPS) is 27.7. The molecule has 1 heterocycles. The zero-order valence-electron chi connectivity index (χ0n) is 11.4. The van der Waals surface area contributed by atoms with E-state index in [2.05, 4.69) is 31.0 Å². The molecule has 0 aromatic rings. The SMILES string of the molecule is CC(CCC(NC=O)C(=O)O)N1C[C@@H](C)[C@H](C)C1. The molecule has 0 aromatic heterocycles. The fraction of sp³-hybridized carbons (Fsp3) is 0.846. The first-order valence-corrected chi connectivity index (χ1v) is 6.62. The molecule has 5 heteroatoms. The third-order valence-electron chi connectivity index (χ3n) is 4.08. The van der Waals surface area contributed by atoms with Gasteiger partial charge in [0.2, 0.25) is 6.41 Å². The van der Waals surface area contributed by atoms with Gasteiger partial charge in [-0.25, -0.2) is 4.79 Å². The molecule has 1 rings (SSSR count). The fourth-order valence-corrected chi connectivity index (χ4v) is 2.48. The van der Waals surface area contributed by atoms with Crippen molar-refractivity contribution < 1.29 is 14.7 Å². The van der Waals surface area contributed by atoms with Crippen LogP contribution in [-0.2, 0) is 9.59 Å². The number of nitrogens with one attached hydrogen (secondary N) is 1. The molecule has 0 aliphatic carbocycles. The summed E-state index contributed by atoms with van der Waals surface area (Å²) in [6.07, 6.45) is 1.73. The summed E-state index contributed by atoms with van der Waals surface area (Å²) in [5.74, 6) is 0.448. The lowest BCUT2D eigenvalue weighted by molar-refractivity contribution is -0.140. The molecule has 1 fully saturated rings. The number of nitrogens with zero attached hydrogens (tertiary/aromatic N) is 1. The van der Waals surface area contributed by atoms with E-state index in [1.165, 1.54) is 0 Å². The lowest BCUT2D eigenvalue weighted by atomic mass is 10.0. The van der Waals surface area contributed by atoms with Crippen LogP contribution in [0.4, 0.5) is 0 Å². The molecular weight excluding hydrogens is 232 g/mol. The van der Waals surface area contributed by atoms with E-state index in [4.69, 9.17) is 5.11 Å². The molecule has 104 valence electrons. The van der Waals surface area contributed by atoms with Crippen LogP contribution in [-0.4, -0.2) is 47.6 Å². The molecule has 1 amide bonds. The summed E-state index contributed by atoms with van der Waals surface area (Å²) in [7, 11) is 0. The summed E-state index contributed by atoms with van der Waals surface area (Å²) in [4.78, 5) is 23.6. The van der Waals surface area contributed by atoms with Crippen molar-refractivity contribution in [1.82, 2.24) is 10.2 Å². The van der Waals surface area contributed by atoms with Gasteiger partial charge >= 0.3 is 5.97 Å². The molecule has 18 heavy (non-hydrogen) atoms. The van der Waals surface area contributed by atoms with Crippen LogP contribution in [0.1, 0.15) is 33.6 Å². The summed E-state index contributed by atoms with van der Waals surface area (Å²) < 4.78 is 0. The van der Waals surface area contributed by atoms with E-state index >= 15 is 0 Å². The maximum atomic E-state index is 10.9. The number of carboxylic acid groups (broad SMARTS) is 1. The second-order valence-corrected chi connectivity index (χ2v) is 5.51. The van der Waals surface area contributed by atoms with E-state index in [1.54, 1.807) is 0 Å². The number of rotatable bonds is 7. The zero-order valence-corrected chi connectivity index (χ0v) is 11.4. The lowest BCUT2D eigenvalue weighted by Crippen LogP contribution is -2.38. The van der Waals surface area contributed by atoms with Gasteiger partial charge in [0.05, 0.1) is 0 Å². The van der Waals surface area contributed by atoms with Crippen molar-refractivity contribution in [3.63, 3.8) is 0 Å². The number of likely N-dealkylation sites (tertiary alicyclic amines) is 1. The van der Waals surface area contributed by atoms with Crippen molar-refractivity contribution in [2.45, 2.75) is 45.7 Å². The average Bonchev–Trinajstić information content (AvgIpc) is 2.64. The van der Waals surface area contributed by atoms with Crippen molar-refractivity contribution in [3.8, 4) is 0 Å². The number of carboxylic acids is 1. The number of hydrogen-bond donors (Lipinski definition) is 2. The number of amides is 1. The van der Waals surface area contributed by atoms with Gasteiger partial charge in [0, 0.05) is 19.1 Å². The molecule has 4 atom stereocenters. The number of aliphatic carboxylic acids is 1. The van der Waals surface area contributed by atoms with Gasteiger partial charge in [-0.1, -0.05) is 13.8 Å². The van der Waals surface area contributed by atoms with Crippen LogP contribution in [0.25, 0.3) is 0 Å². The monoisotopic (exact) mass is 256 g/mol. The van der Waals surface area contributed by atoms with Crippen LogP contribution in [0.3, 0.4) is 0 Å². The number of hydrogen-bond acceptors (Lipinski definition) is 3. The highest BCUT2D eigenvalue weighted by Gasteiger charge is 2.29. The Labute approximate surface area is 109 Å². The van der Waals surface area contributed by atoms with Crippen molar-refractivity contribution in [2.24, 2.45) is 11.8 Å². The Balaban J connectivity index is 2.38. The molecule has 1 aliphatic rings. The summed E-state index contributed by atoms with van der Waals surface area (Å²) >= 11 is 0. The standard InChI is InChI=1S/C13H24N2O3/c1-9-6-15(7-10(9)2)11(3)4-5-12(13(17)18)14-8-16/h8-12H,4-7H2,1-3H3,(H,14,16)(H,17,18)/t9-,10-,11?,12?/m1/s1. The fourth-order valence-electron chi connectivity index (χ4n) is 2.48. The van der Waals surface area contributed by atoms with Gasteiger partial charge in [0.25, 0.3) is 0 Å². The maximum Gasteiger partial charge on any atom is 0.326 e. The molecule has 0 saturated carbocycles. The molecule has 2 unspecified atom stereocenters. The zero-order chi connectivity index (χ0) is 13.7. The topological polar surface area (TPSA) is 69.6 Å². The third-order valence-corrected chi connectivity index (χ3v) is 4.08. The predicted molar refractivity (Wildman–Crippen MR) is 69.2 cm³/mol. The third kappa shape index (κ3) is 3.98. The van der Waals surface area contributed by atoms with Gasteiger partial charge in [-0.05, 0) is 31.6 Å². The van der Waals surface area contributed by atoms with Gasteiger partial charge < -0.3 is 15.3 Å². The van der Waals surface area contributed by atoms with Crippen LogP contribution in [0.15, 0.2) is 0 Å². The first-order valence-electron chi connectivity index (χ1n) is 6.62. The molecule has 0 spiro atoms. The smallest absolute Gasteiger partial charge is 0.326 e. The average molecular weight is 256 g/mol.